The van der Waals surface area contributed by atoms with Crippen molar-refractivity contribution in [3.63, 3.8) is 0 Å². The Bertz CT molecular complexity index is 330. The molecular formula is C16H39N2O6P+2. The molecule has 0 rings (SSSR count). The molecule has 3 N–H and O–H groups in total. The van der Waals surface area contributed by atoms with E-state index >= 15 is 0 Å². The zero-order chi connectivity index (χ0) is 19.2. The van der Waals surface area contributed by atoms with Crippen LogP contribution in [-0.2, 0) is 13.6 Å². The summed E-state index contributed by atoms with van der Waals surface area (Å²) in [5.74, 6) is 0. The van der Waals surface area contributed by atoms with Crippen molar-refractivity contribution in [3.8, 4) is 0 Å². The number of likely N-dealkylation sites (N-methyl/N-ethyl adjacent to an activating group) is 1. The van der Waals surface area contributed by atoms with Crippen LogP contribution in [0.5, 0.6) is 0 Å². The van der Waals surface area contributed by atoms with Gasteiger partial charge in [-0.05, 0) is 20.8 Å². The van der Waals surface area contributed by atoms with E-state index in [-0.39, 0.29) is 26.4 Å². The van der Waals surface area contributed by atoms with E-state index in [4.69, 9.17) is 9.05 Å². The van der Waals surface area contributed by atoms with Crippen LogP contribution in [0.25, 0.3) is 0 Å². The zero-order valence-corrected chi connectivity index (χ0v) is 17.2. The maximum absolute atomic E-state index is 11.9. The summed E-state index contributed by atoms with van der Waals surface area (Å²) in [6.07, 6.45) is 0. The van der Waals surface area contributed by atoms with Gasteiger partial charge in [0.2, 0.25) is 0 Å². The van der Waals surface area contributed by atoms with E-state index in [1.165, 1.54) is 0 Å². The van der Waals surface area contributed by atoms with Crippen molar-refractivity contribution in [1.82, 2.24) is 0 Å². The standard InChI is InChI=1S/C16H39N2O6P/c1-4-17(5-2,6-3)10-15-23-25(22)24-16-11-18(7-12-19,8-13-20)9-14-21/h19-21,25H,4-16H2,1-3H3/q+2. The Morgan fingerprint density at radius 3 is 1.36 bits per heavy atom. The van der Waals surface area contributed by atoms with Gasteiger partial charge in [-0.3, -0.25) is 4.57 Å². The van der Waals surface area contributed by atoms with Gasteiger partial charge in [0, 0.05) is 0 Å². The first-order valence-corrected chi connectivity index (χ1v) is 10.5. The Morgan fingerprint density at radius 2 is 1.04 bits per heavy atom. The molecule has 9 heteroatoms. The van der Waals surface area contributed by atoms with Gasteiger partial charge in [-0.2, -0.15) is 0 Å². The first-order valence-electron chi connectivity index (χ1n) is 9.29. The lowest BCUT2D eigenvalue weighted by Crippen LogP contribution is -2.54. The van der Waals surface area contributed by atoms with Crippen LogP contribution in [0.3, 0.4) is 0 Å². The fraction of sp³-hybridized carbons (Fsp3) is 1.00. The number of hydrogen-bond acceptors (Lipinski definition) is 6. The minimum atomic E-state index is -2.56. The van der Waals surface area contributed by atoms with Gasteiger partial charge in [0.05, 0.1) is 39.5 Å². The van der Waals surface area contributed by atoms with E-state index in [1.807, 2.05) is 0 Å². The van der Waals surface area contributed by atoms with Crippen LogP contribution in [0.15, 0.2) is 0 Å². The molecule has 0 fully saturated rings. The van der Waals surface area contributed by atoms with Gasteiger partial charge in [-0.1, -0.05) is 0 Å². The van der Waals surface area contributed by atoms with Crippen LogP contribution in [0.4, 0.5) is 0 Å². The lowest BCUT2D eigenvalue weighted by atomic mass is 10.3. The summed E-state index contributed by atoms with van der Waals surface area (Å²) in [7, 11) is -2.56. The Hall–Kier alpha value is -0.0500. The highest BCUT2D eigenvalue weighted by Crippen LogP contribution is 2.24. The fourth-order valence-corrected chi connectivity index (χ4v) is 3.74. The third-order valence-electron chi connectivity index (χ3n) is 5.31. The smallest absolute Gasteiger partial charge is 0.319 e. The van der Waals surface area contributed by atoms with E-state index < -0.39 is 8.25 Å². The topological polar surface area (TPSA) is 96.2 Å². The molecule has 0 aromatic carbocycles. The summed E-state index contributed by atoms with van der Waals surface area (Å²) < 4.78 is 23.9. The van der Waals surface area contributed by atoms with Crippen LogP contribution >= 0.6 is 8.25 Å². The molecule has 0 heterocycles. The first kappa shape index (κ1) is 24.9. The van der Waals surface area contributed by atoms with E-state index in [1.54, 1.807) is 0 Å². The number of aliphatic hydroxyl groups excluding tert-OH is 3. The van der Waals surface area contributed by atoms with Gasteiger partial charge in [-0.15, -0.1) is 0 Å². The normalized spacial score (nSPS) is 14.0. The first-order chi connectivity index (χ1) is 12.0. The van der Waals surface area contributed by atoms with Gasteiger partial charge < -0.3 is 33.3 Å². The summed E-state index contributed by atoms with van der Waals surface area (Å²) in [5, 5.41) is 27.7. The SMILES string of the molecule is CC[N+](CC)(CC)CCO[PH](=O)OCC[N+](CCO)(CCO)CCO. The maximum Gasteiger partial charge on any atom is 0.319 e. The lowest BCUT2D eigenvalue weighted by Gasteiger charge is -2.37. The van der Waals surface area contributed by atoms with Gasteiger partial charge in [0.25, 0.3) is 0 Å². The molecule has 0 spiro atoms. The largest absolute Gasteiger partial charge is 0.391 e. The highest BCUT2D eigenvalue weighted by Gasteiger charge is 2.26. The minimum absolute atomic E-state index is 0.0449. The van der Waals surface area contributed by atoms with Crippen LogP contribution in [0.2, 0.25) is 0 Å². The monoisotopic (exact) mass is 386 g/mol. The number of quaternary nitrogens is 2. The average molecular weight is 386 g/mol. The summed E-state index contributed by atoms with van der Waals surface area (Å²) >= 11 is 0. The van der Waals surface area contributed by atoms with Gasteiger partial charge in [0.1, 0.15) is 45.9 Å². The van der Waals surface area contributed by atoms with Gasteiger partial charge in [0.15, 0.2) is 0 Å². The van der Waals surface area contributed by atoms with Crippen LogP contribution in [-0.4, -0.2) is 110 Å². The Balaban J connectivity index is 4.30. The van der Waals surface area contributed by atoms with Crippen molar-refractivity contribution < 1.29 is 37.9 Å². The second kappa shape index (κ2) is 14.1. The molecule has 0 aromatic heterocycles. The van der Waals surface area contributed by atoms with Crippen LogP contribution < -0.4 is 0 Å². The molecule has 0 saturated heterocycles. The fourth-order valence-electron chi connectivity index (χ4n) is 3.14. The number of hydrogen-bond donors (Lipinski definition) is 3. The molecule has 0 amide bonds. The van der Waals surface area contributed by atoms with E-state index in [2.05, 4.69) is 20.8 Å². The van der Waals surface area contributed by atoms with Gasteiger partial charge >= 0.3 is 8.25 Å². The lowest BCUT2D eigenvalue weighted by molar-refractivity contribution is -0.929. The third-order valence-corrected chi connectivity index (χ3v) is 6.19. The maximum atomic E-state index is 11.9. The molecular weight excluding hydrogens is 347 g/mol. The van der Waals surface area contributed by atoms with Crippen molar-refractivity contribution in [1.29, 1.82) is 0 Å². The van der Waals surface area contributed by atoms with Crippen LogP contribution in [0, 0.1) is 0 Å². The number of rotatable bonds is 17. The molecule has 1 atom stereocenters. The predicted molar refractivity (Wildman–Crippen MR) is 98.6 cm³/mol. The molecule has 0 saturated carbocycles. The second-order valence-corrected chi connectivity index (χ2v) is 7.45. The molecule has 0 radical (unpaired) electrons. The third kappa shape index (κ3) is 9.45. The summed E-state index contributed by atoms with van der Waals surface area (Å²) in [6, 6.07) is 0. The van der Waals surface area contributed by atoms with E-state index in [9.17, 15) is 19.9 Å². The van der Waals surface area contributed by atoms with Crippen molar-refractivity contribution in [3.05, 3.63) is 0 Å². The van der Waals surface area contributed by atoms with Crippen molar-refractivity contribution in [2.45, 2.75) is 20.8 Å². The minimum Gasteiger partial charge on any atom is -0.391 e. The summed E-state index contributed by atoms with van der Waals surface area (Å²) in [4.78, 5) is 0. The molecule has 0 aromatic rings. The molecule has 1 unspecified atom stereocenters. The molecule has 0 bridgehead atoms. The quantitative estimate of drug-likeness (QED) is 0.242. The zero-order valence-electron chi connectivity index (χ0n) is 16.2. The Morgan fingerprint density at radius 1 is 0.680 bits per heavy atom. The van der Waals surface area contributed by atoms with Gasteiger partial charge in [-0.25, -0.2) is 0 Å². The van der Waals surface area contributed by atoms with Crippen LogP contribution in [0.1, 0.15) is 20.8 Å². The molecule has 152 valence electrons. The molecule has 0 aliphatic rings. The summed E-state index contributed by atoms with van der Waals surface area (Å²) in [5.41, 5.74) is 0. The van der Waals surface area contributed by atoms with E-state index in [0.29, 0.717) is 37.3 Å². The molecule has 0 aliphatic heterocycles. The highest BCUT2D eigenvalue weighted by molar-refractivity contribution is 7.33. The highest BCUT2D eigenvalue weighted by atomic mass is 31.1. The number of nitrogens with zero attached hydrogens (tertiary/aromatic N) is 2. The number of aliphatic hydroxyl groups is 3. The summed E-state index contributed by atoms with van der Waals surface area (Å²) in [6.45, 7) is 12.5. The Labute approximate surface area is 153 Å². The van der Waals surface area contributed by atoms with Crippen molar-refractivity contribution >= 4 is 8.25 Å². The predicted octanol–water partition coefficient (Wildman–Crippen LogP) is 0.0795. The molecule has 8 nitrogen and oxygen atoms in total. The van der Waals surface area contributed by atoms with Crippen molar-refractivity contribution in [2.24, 2.45) is 0 Å². The second-order valence-electron chi connectivity index (χ2n) is 6.37. The average Bonchev–Trinajstić information content (AvgIpc) is 2.60. The van der Waals surface area contributed by atoms with E-state index in [0.717, 1.165) is 30.7 Å². The molecule has 0 aliphatic carbocycles. The Kier molecular flexibility index (Phi) is 14.0. The van der Waals surface area contributed by atoms with Crippen molar-refractivity contribution in [2.75, 3.05) is 85.4 Å². The molecule has 25 heavy (non-hydrogen) atoms.